The van der Waals surface area contributed by atoms with Gasteiger partial charge in [-0.2, -0.15) is 8.42 Å². The lowest BCUT2D eigenvalue weighted by Gasteiger charge is -2.16. The second-order valence-electron chi connectivity index (χ2n) is 7.48. The van der Waals surface area contributed by atoms with Gasteiger partial charge in [-0.3, -0.25) is 4.55 Å². The van der Waals surface area contributed by atoms with E-state index in [-0.39, 0.29) is 0 Å². The molecule has 2 N–H and O–H groups in total. The van der Waals surface area contributed by atoms with Crippen LogP contribution in [-0.2, 0) is 10.1 Å². The fraction of sp³-hybridized carbons (Fsp3) is 1.00. The van der Waals surface area contributed by atoms with E-state index in [1.54, 1.807) is 0 Å². The van der Waals surface area contributed by atoms with Crippen LogP contribution in [0, 0.1) is 0 Å². The lowest BCUT2D eigenvalue weighted by Crippen LogP contribution is -2.22. The van der Waals surface area contributed by atoms with Gasteiger partial charge in [0.1, 0.15) is 0 Å². The van der Waals surface area contributed by atoms with E-state index in [2.05, 4.69) is 13.8 Å². The van der Waals surface area contributed by atoms with Crippen molar-refractivity contribution in [3.63, 3.8) is 0 Å². The van der Waals surface area contributed by atoms with Gasteiger partial charge in [-0.05, 0) is 25.7 Å². The number of aliphatic hydroxyl groups excluding tert-OH is 1. The molecule has 0 aromatic carbocycles. The van der Waals surface area contributed by atoms with E-state index in [0.717, 1.165) is 44.9 Å². The molecule has 0 radical (unpaired) electrons. The molecule has 0 aliphatic rings. The molecule has 0 rings (SSSR count). The van der Waals surface area contributed by atoms with E-state index in [4.69, 9.17) is 0 Å². The summed E-state index contributed by atoms with van der Waals surface area (Å²) in [6.45, 7) is 4.34. The van der Waals surface area contributed by atoms with Gasteiger partial charge in [-0.15, -0.1) is 0 Å². The van der Waals surface area contributed by atoms with Crippen molar-refractivity contribution in [2.24, 2.45) is 0 Å². The Balaban J connectivity index is 3.86. The predicted octanol–water partition coefficient (Wildman–Crippen LogP) is 5.89. The Hall–Kier alpha value is -0.130. The van der Waals surface area contributed by atoms with Crippen LogP contribution in [0.25, 0.3) is 0 Å². The zero-order valence-electron chi connectivity index (χ0n) is 16.6. The summed E-state index contributed by atoms with van der Waals surface area (Å²) in [6, 6.07) is 0. The highest BCUT2D eigenvalue weighted by Gasteiger charge is 2.23. The minimum Gasteiger partial charge on any atom is -0.393 e. The molecule has 0 bridgehead atoms. The van der Waals surface area contributed by atoms with Crippen molar-refractivity contribution in [3.8, 4) is 0 Å². The molecule has 5 heteroatoms. The van der Waals surface area contributed by atoms with Gasteiger partial charge in [0.2, 0.25) is 0 Å². The van der Waals surface area contributed by atoms with Crippen molar-refractivity contribution in [3.05, 3.63) is 0 Å². The van der Waals surface area contributed by atoms with Crippen LogP contribution in [0.1, 0.15) is 117 Å². The number of hydrogen-bond donors (Lipinski definition) is 2. The topological polar surface area (TPSA) is 74.6 Å². The zero-order valence-corrected chi connectivity index (χ0v) is 17.4. The SMILES string of the molecule is CCCCCCCCCCCC(CCC(O)CCCCC)S(=O)(=O)O. The normalized spacial score (nSPS) is 14.6. The third-order valence-electron chi connectivity index (χ3n) is 5.01. The van der Waals surface area contributed by atoms with Crippen LogP contribution in [0.5, 0.6) is 0 Å². The minimum atomic E-state index is -4.00. The number of rotatable bonds is 18. The van der Waals surface area contributed by atoms with E-state index in [9.17, 15) is 18.1 Å². The number of unbranched alkanes of at least 4 members (excludes halogenated alkanes) is 10. The molecule has 0 fully saturated rings. The van der Waals surface area contributed by atoms with Crippen molar-refractivity contribution in [2.75, 3.05) is 0 Å². The van der Waals surface area contributed by atoms with Crippen LogP contribution in [0.2, 0.25) is 0 Å². The largest absolute Gasteiger partial charge is 0.393 e. The van der Waals surface area contributed by atoms with Crippen molar-refractivity contribution in [1.29, 1.82) is 0 Å². The third-order valence-corrected chi connectivity index (χ3v) is 6.33. The lowest BCUT2D eigenvalue weighted by atomic mass is 10.0. The van der Waals surface area contributed by atoms with Crippen LogP contribution >= 0.6 is 0 Å². The molecule has 0 saturated heterocycles. The molecule has 2 unspecified atom stereocenters. The predicted molar refractivity (Wildman–Crippen MR) is 107 cm³/mol. The van der Waals surface area contributed by atoms with Gasteiger partial charge in [0.05, 0.1) is 11.4 Å². The van der Waals surface area contributed by atoms with Crippen molar-refractivity contribution in [2.45, 2.75) is 128 Å². The molecule has 2 atom stereocenters. The molecule has 0 heterocycles. The van der Waals surface area contributed by atoms with E-state index >= 15 is 0 Å². The van der Waals surface area contributed by atoms with Crippen LogP contribution in [0.4, 0.5) is 0 Å². The molecule has 0 aromatic heterocycles. The van der Waals surface area contributed by atoms with Crippen LogP contribution < -0.4 is 0 Å². The molecule has 25 heavy (non-hydrogen) atoms. The maximum atomic E-state index is 11.5. The van der Waals surface area contributed by atoms with E-state index in [0.29, 0.717) is 19.3 Å². The lowest BCUT2D eigenvalue weighted by molar-refractivity contribution is 0.147. The fourth-order valence-corrected chi connectivity index (χ4v) is 4.18. The van der Waals surface area contributed by atoms with Crippen LogP contribution in [0.3, 0.4) is 0 Å². The van der Waals surface area contributed by atoms with Gasteiger partial charge in [-0.25, -0.2) is 0 Å². The first-order valence-electron chi connectivity index (χ1n) is 10.6. The summed E-state index contributed by atoms with van der Waals surface area (Å²) >= 11 is 0. The molecule has 0 aromatic rings. The smallest absolute Gasteiger partial charge is 0.267 e. The molecule has 0 aliphatic heterocycles. The average Bonchev–Trinajstić information content (AvgIpc) is 2.55. The van der Waals surface area contributed by atoms with Crippen molar-refractivity contribution in [1.82, 2.24) is 0 Å². The maximum absolute atomic E-state index is 11.5. The average molecular weight is 379 g/mol. The van der Waals surface area contributed by atoms with Gasteiger partial charge >= 0.3 is 0 Å². The summed E-state index contributed by atoms with van der Waals surface area (Å²) in [6.07, 6.45) is 15.5. The standard InChI is InChI=1S/C20H42O4S/c1-3-5-7-8-9-10-11-12-14-16-20(25(22,23)24)18-17-19(21)15-13-6-4-2/h19-21H,3-18H2,1-2H3,(H,22,23,24). The summed E-state index contributed by atoms with van der Waals surface area (Å²) in [7, 11) is -4.00. The first-order valence-corrected chi connectivity index (χ1v) is 12.1. The Bertz CT molecular complexity index is 381. The minimum absolute atomic E-state index is 0.364. The summed E-state index contributed by atoms with van der Waals surface area (Å²) in [5.74, 6) is 0. The molecule has 0 aliphatic carbocycles. The van der Waals surface area contributed by atoms with Gasteiger partial charge in [0, 0.05) is 0 Å². The monoisotopic (exact) mass is 378 g/mol. The van der Waals surface area contributed by atoms with Crippen LogP contribution in [-0.4, -0.2) is 29.4 Å². The third kappa shape index (κ3) is 15.8. The number of hydrogen-bond acceptors (Lipinski definition) is 3. The molecular formula is C20H42O4S. The molecule has 0 spiro atoms. The van der Waals surface area contributed by atoms with E-state index < -0.39 is 21.5 Å². The summed E-state index contributed by atoms with van der Waals surface area (Å²) in [5, 5.41) is 9.23. The highest BCUT2D eigenvalue weighted by Crippen LogP contribution is 2.19. The van der Waals surface area contributed by atoms with E-state index in [1.807, 2.05) is 0 Å². The molecule has 0 amide bonds. The Kier molecular flexibility index (Phi) is 16.0. The Morgan fingerprint density at radius 1 is 0.640 bits per heavy atom. The van der Waals surface area contributed by atoms with Gasteiger partial charge < -0.3 is 5.11 Å². The highest BCUT2D eigenvalue weighted by atomic mass is 32.2. The number of aliphatic hydroxyl groups is 1. The van der Waals surface area contributed by atoms with Crippen molar-refractivity contribution >= 4 is 10.1 Å². The Labute approximate surface area is 156 Å². The zero-order chi connectivity index (χ0) is 19.0. The summed E-state index contributed by atoms with van der Waals surface area (Å²) < 4.78 is 32.5. The Morgan fingerprint density at radius 3 is 1.60 bits per heavy atom. The molecule has 152 valence electrons. The fourth-order valence-electron chi connectivity index (χ4n) is 3.28. The Morgan fingerprint density at radius 2 is 1.08 bits per heavy atom. The van der Waals surface area contributed by atoms with Crippen LogP contribution in [0.15, 0.2) is 0 Å². The van der Waals surface area contributed by atoms with Gasteiger partial charge in [0.15, 0.2) is 0 Å². The quantitative estimate of drug-likeness (QED) is 0.230. The second kappa shape index (κ2) is 16.1. The van der Waals surface area contributed by atoms with Crippen molar-refractivity contribution < 1.29 is 18.1 Å². The van der Waals surface area contributed by atoms with Gasteiger partial charge in [0.25, 0.3) is 10.1 Å². The second-order valence-corrected chi connectivity index (χ2v) is 9.18. The summed E-state index contributed by atoms with van der Waals surface area (Å²) in [4.78, 5) is 0. The van der Waals surface area contributed by atoms with E-state index in [1.165, 1.54) is 38.5 Å². The molecule has 4 nitrogen and oxygen atoms in total. The highest BCUT2D eigenvalue weighted by molar-refractivity contribution is 7.86. The first-order chi connectivity index (χ1) is 11.9. The maximum Gasteiger partial charge on any atom is 0.267 e. The molecular weight excluding hydrogens is 336 g/mol. The summed E-state index contributed by atoms with van der Waals surface area (Å²) in [5.41, 5.74) is 0. The molecule has 0 saturated carbocycles. The first kappa shape index (κ1) is 24.9. The van der Waals surface area contributed by atoms with Gasteiger partial charge in [-0.1, -0.05) is 90.9 Å².